The first-order valence-electron chi connectivity index (χ1n) is 5.12. The van der Waals surface area contributed by atoms with Gasteiger partial charge >= 0.3 is 5.97 Å². The van der Waals surface area contributed by atoms with E-state index in [1.54, 1.807) is 6.92 Å². The van der Waals surface area contributed by atoms with Gasteiger partial charge in [0.25, 0.3) is 0 Å². The van der Waals surface area contributed by atoms with Gasteiger partial charge in [0.1, 0.15) is 17.5 Å². The summed E-state index contributed by atoms with van der Waals surface area (Å²) in [6, 6.07) is 3.02. The molecular formula is C12H10F2N2O2. The highest BCUT2D eigenvalue weighted by Crippen LogP contribution is 2.20. The molecule has 0 aliphatic heterocycles. The summed E-state index contributed by atoms with van der Waals surface area (Å²) in [5.41, 5.74) is 0.796. The van der Waals surface area contributed by atoms with Gasteiger partial charge < -0.3 is 9.72 Å². The molecule has 6 heteroatoms. The summed E-state index contributed by atoms with van der Waals surface area (Å²) >= 11 is 0. The molecule has 0 aliphatic rings. The highest BCUT2D eigenvalue weighted by Gasteiger charge is 2.16. The van der Waals surface area contributed by atoms with Gasteiger partial charge in [-0.1, -0.05) is 0 Å². The van der Waals surface area contributed by atoms with Crippen molar-refractivity contribution in [3.05, 3.63) is 41.2 Å². The standard InChI is InChI=1S/C12H10F2N2O2/c1-6-10(12(17)18-2)16-11(15-6)7-3-8(13)5-9(14)4-7/h3-5H,1-2H3,(H,15,16). The number of carbonyl (C=O) groups excluding carboxylic acids is 1. The van der Waals surface area contributed by atoms with Crippen LogP contribution < -0.4 is 0 Å². The number of methoxy groups -OCH3 is 1. The van der Waals surface area contributed by atoms with E-state index in [4.69, 9.17) is 0 Å². The van der Waals surface area contributed by atoms with E-state index in [-0.39, 0.29) is 17.1 Å². The highest BCUT2D eigenvalue weighted by molar-refractivity contribution is 5.89. The first-order valence-corrected chi connectivity index (χ1v) is 5.12. The molecule has 0 amide bonds. The van der Waals surface area contributed by atoms with Crippen LogP contribution in [-0.4, -0.2) is 23.0 Å². The number of hydrogen-bond acceptors (Lipinski definition) is 3. The van der Waals surface area contributed by atoms with Crippen LogP contribution in [0, 0.1) is 18.6 Å². The number of ether oxygens (including phenoxy) is 1. The molecule has 1 aromatic carbocycles. The zero-order valence-corrected chi connectivity index (χ0v) is 9.75. The zero-order valence-electron chi connectivity index (χ0n) is 9.75. The third kappa shape index (κ3) is 2.22. The van der Waals surface area contributed by atoms with Gasteiger partial charge in [-0.05, 0) is 19.1 Å². The van der Waals surface area contributed by atoms with Crippen molar-refractivity contribution in [2.45, 2.75) is 6.92 Å². The lowest BCUT2D eigenvalue weighted by atomic mass is 10.2. The number of rotatable bonds is 2. The molecule has 1 N–H and O–H groups in total. The zero-order chi connectivity index (χ0) is 13.3. The van der Waals surface area contributed by atoms with Gasteiger partial charge in [0, 0.05) is 17.3 Å². The van der Waals surface area contributed by atoms with Crippen molar-refractivity contribution < 1.29 is 18.3 Å². The topological polar surface area (TPSA) is 55.0 Å². The van der Waals surface area contributed by atoms with Crippen LogP contribution in [0.1, 0.15) is 16.2 Å². The lowest BCUT2D eigenvalue weighted by Gasteiger charge is -1.97. The van der Waals surface area contributed by atoms with E-state index in [9.17, 15) is 13.6 Å². The minimum absolute atomic E-state index is 0.0946. The monoisotopic (exact) mass is 252 g/mol. The molecule has 1 aromatic heterocycles. The number of benzene rings is 1. The Labute approximate surface area is 102 Å². The van der Waals surface area contributed by atoms with E-state index in [0.717, 1.165) is 18.2 Å². The Morgan fingerprint density at radius 2 is 1.89 bits per heavy atom. The molecule has 0 spiro atoms. The number of esters is 1. The van der Waals surface area contributed by atoms with Crippen LogP contribution in [0.15, 0.2) is 18.2 Å². The van der Waals surface area contributed by atoms with Crippen molar-refractivity contribution in [3.63, 3.8) is 0 Å². The van der Waals surface area contributed by atoms with Crippen molar-refractivity contribution in [1.82, 2.24) is 9.97 Å². The van der Waals surface area contributed by atoms with Gasteiger partial charge in [-0.2, -0.15) is 0 Å². The number of halogens is 2. The van der Waals surface area contributed by atoms with Crippen LogP contribution >= 0.6 is 0 Å². The second-order valence-electron chi connectivity index (χ2n) is 3.71. The van der Waals surface area contributed by atoms with Gasteiger partial charge in [-0.25, -0.2) is 18.6 Å². The summed E-state index contributed by atoms with van der Waals surface area (Å²) in [6.07, 6.45) is 0. The Bertz CT molecular complexity index is 588. The van der Waals surface area contributed by atoms with Crippen molar-refractivity contribution in [2.75, 3.05) is 7.11 Å². The molecule has 0 fully saturated rings. The fraction of sp³-hybridized carbons (Fsp3) is 0.167. The molecule has 1 heterocycles. The average molecular weight is 252 g/mol. The number of carbonyl (C=O) groups is 1. The average Bonchev–Trinajstić information content (AvgIpc) is 2.69. The quantitative estimate of drug-likeness (QED) is 0.835. The molecular weight excluding hydrogens is 242 g/mol. The van der Waals surface area contributed by atoms with E-state index in [1.165, 1.54) is 7.11 Å². The van der Waals surface area contributed by atoms with E-state index in [1.807, 2.05) is 0 Å². The largest absolute Gasteiger partial charge is 0.464 e. The van der Waals surface area contributed by atoms with Crippen LogP contribution in [0.25, 0.3) is 11.4 Å². The second kappa shape index (κ2) is 4.56. The fourth-order valence-corrected chi connectivity index (χ4v) is 1.58. The molecule has 0 bridgehead atoms. The lowest BCUT2D eigenvalue weighted by Crippen LogP contribution is -2.03. The maximum absolute atomic E-state index is 13.1. The number of nitrogens with one attached hydrogen (secondary N) is 1. The molecule has 0 unspecified atom stereocenters. The number of hydrogen-bond donors (Lipinski definition) is 1. The van der Waals surface area contributed by atoms with Gasteiger partial charge in [0.05, 0.1) is 7.11 Å². The summed E-state index contributed by atoms with van der Waals surface area (Å²) < 4.78 is 30.7. The Morgan fingerprint density at radius 3 is 2.44 bits per heavy atom. The molecule has 0 saturated carbocycles. The van der Waals surface area contributed by atoms with Gasteiger partial charge in [0.2, 0.25) is 0 Å². The normalized spacial score (nSPS) is 10.4. The molecule has 0 atom stereocenters. The predicted octanol–water partition coefficient (Wildman–Crippen LogP) is 2.45. The molecule has 0 radical (unpaired) electrons. The Balaban J connectivity index is 2.48. The van der Waals surface area contributed by atoms with Crippen molar-refractivity contribution in [1.29, 1.82) is 0 Å². The summed E-state index contributed by atoms with van der Waals surface area (Å²) in [4.78, 5) is 18.1. The summed E-state index contributed by atoms with van der Waals surface area (Å²) in [6.45, 7) is 1.62. The number of aryl methyl sites for hydroxylation is 1. The van der Waals surface area contributed by atoms with Crippen LogP contribution in [0.5, 0.6) is 0 Å². The van der Waals surface area contributed by atoms with E-state index < -0.39 is 17.6 Å². The molecule has 2 rings (SSSR count). The van der Waals surface area contributed by atoms with Crippen molar-refractivity contribution in [2.24, 2.45) is 0 Å². The fourth-order valence-electron chi connectivity index (χ4n) is 1.58. The Kier molecular flexibility index (Phi) is 3.10. The number of H-pyrrole nitrogens is 1. The molecule has 94 valence electrons. The maximum atomic E-state index is 13.1. The van der Waals surface area contributed by atoms with Crippen molar-refractivity contribution >= 4 is 5.97 Å². The smallest absolute Gasteiger partial charge is 0.358 e. The van der Waals surface area contributed by atoms with Crippen LogP contribution in [0.3, 0.4) is 0 Å². The summed E-state index contributed by atoms with van der Waals surface area (Å²) in [5, 5.41) is 0. The predicted molar refractivity (Wildman–Crippen MR) is 60.0 cm³/mol. The number of imidazole rings is 1. The van der Waals surface area contributed by atoms with E-state index in [2.05, 4.69) is 14.7 Å². The first kappa shape index (κ1) is 12.2. The van der Waals surface area contributed by atoms with E-state index >= 15 is 0 Å². The maximum Gasteiger partial charge on any atom is 0.358 e. The Hall–Kier alpha value is -2.24. The summed E-state index contributed by atoms with van der Waals surface area (Å²) in [5.74, 6) is -1.81. The first-order chi connectivity index (χ1) is 8.51. The lowest BCUT2D eigenvalue weighted by molar-refractivity contribution is 0.0594. The van der Waals surface area contributed by atoms with Gasteiger partial charge in [0.15, 0.2) is 5.69 Å². The van der Waals surface area contributed by atoms with Crippen LogP contribution in [-0.2, 0) is 4.74 Å². The number of nitrogens with zero attached hydrogens (tertiary/aromatic N) is 1. The second-order valence-corrected chi connectivity index (χ2v) is 3.71. The minimum Gasteiger partial charge on any atom is -0.464 e. The number of aromatic nitrogens is 2. The third-order valence-electron chi connectivity index (χ3n) is 2.40. The number of aromatic amines is 1. The minimum atomic E-state index is -0.710. The van der Waals surface area contributed by atoms with Crippen LogP contribution in [0.2, 0.25) is 0 Å². The van der Waals surface area contributed by atoms with E-state index in [0.29, 0.717) is 5.69 Å². The molecule has 4 nitrogen and oxygen atoms in total. The summed E-state index contributed by atoms with van der Waals surface area (Å²) in [7, 11) is 1.23. The van der Waals surface area contributed by atoms with Crippen molar-refractivity contribution in [3.8, 4) is 11.4 Å². The molecule has 2 aromatic rings. The SMILES string of the molecule is COC(=O)c1nc(-c2cc(F)cc(F)c2)[nH]c1C. The molecule has 0 aliphatic carbocycles. The Morgan fingerprint density at radius 1 is 1.28 bits per heavy atom. The van der Waals surface area contributed by atoms with Gasteiger partial charge in [-0.15, -0.1) is 0 Å². The van der Waals surface area contributed by atoms with Crippen LogP contribution in [0.4, 0.5) is 8.78 Å². The molecule has 0 saturated heterocycles. The molecule has 18 heavy (non-hydrogen) atoms. The highest BCUT2D eigenvalue weighted by atomic mass is 19.1. The van der Waals surface area contributed by atoms with Gasteiger partial charge in [-0.3, -0.25) is 0 Å². The third-order valence-corrected chi connectivity index (χ3v) is 2.40.